The molecule has 0 aliphatic rings. The molecule has 0 aliphatic carbocycles. The largest absolute Gasteiger partial charge is 0.481 e. The van der Waals surface area contributed by atoms with Gasteiger partial charge in [-0.15, -0.1) is 0 Å². The van der Waals surface area contributed by atoms with E-state index in [0.717, 1.165) is 12.1 Å². The maximum atomic E-state index is 13.2. The van der Waals surface area contributed by atoms with Gasteiger partial charge in [0.05, 0.1) is 5.92 Å². The van der Waals surface area contributed by atoms with Gasteiger partial charge in [-0.25, -0.2) is 8.78 Å². The average molecular weight is 236 g/mol. The molecule has 3 N–H and O–H groups in total. The standard InChI is InChI=1S/C9H8ClF2NO2/c10-4-1-5(6(3-13)9(14)15)8(12)7(11)2-4/h1-2,6H,3,13H2,(H,14,15). The van der Waals surface area contributed by atoms with E-state index in [-0.39, 0.29) is 17.1 Å². The summed E-state index contributed by atoms with van der Waals surface area (Å²) in [5.74, 6) is -5.02. The van der Waals surface area contributed by atoms with E-state index in [2.05, 4.69) is 0 Å². The van der Waals surface area contributed by atoms with Gasteiger partial charge >= 0.3 is 5.97 Å². The molecule has 0 saturated heterocycles. The lowest BCUT2D eigenvalue weighted by Crippen LogP contribution is -2.22. The Hall–Kier alpha value is -1.20. The summed E-state index contributed by atoms with van der Waals surface area (Å²) in [6, 6.07) is 1.83. The van der Waals surface area contributed by atoms with Crippen LogP contribution in [0, 0.1) is 11.6 Å². The van der Waals surface area contributed by atoms with E-state index >= 15 is 0 Å². The Morgan fingerprint density at radius 1 is 1.53 bits per heavy atom. The van der Waals surface area contributed by atoms with Crippen LogP contribution in [0.5, 0.6) is 0 Å². The smallest absolute Gasteiger partial charge is 0.312 e. The lowest BCUT2D eigenvalue weighted by Gasteiger charge is -2.11. The minimum atomic E-state index is -1.32. The molecular formula is C9H8ClF2NO2. The fourth-order valence-corrected chi connectivity index (χ4v) is 1.40. The molecule has 0 radical (unpaired) electrons. The number of aliphatic carboxylic acids is 1. The van der Waals surface area contributed by atoms with Gasteiger partial charge in [0.15, 0.2) is 11.6 Å². The molecule has 0 saturated carbocycles. The summed E-state index contributed by atoms with van der Waals surface area (Å²) in [6.45, 7) is -0.327. The van der Waals surface area contributed by atoms with Crippen LogP contribution in [0.25, 0.3) is 0 Å². The highest BCUT2D eigenvalue weighted by Crippen LogP contribution is 2.25. The highest BCUT2D eigenvalue weighted by molar-refractivity contribution is 6.30. The molecule has 0 aliphatic heterocycles. The SMILES string of the molecule is NCC(C(=O)O)c1cc(Cl)cc(F)c1F. The molecule has 0 aromatic heterocycles. The van der Waals surface area contributed by atoms with Crippen LogP contribution in [0.3, 0.4) is 0 Å². The first kappa shape index (κ1) is 11.9. The fourth-order valence-electron chi connectivity index (χ4n) is 1.19. The van der Waals surface area contributed by atoms with Crippen LogP contribution in [0.4, 0.5) is 8.78 Å². The first-order valence-electron chi connectivity index (χ1n) is 4.04. The van der Waals surface area contributed by atoms with Gasteiger partial charge in [-0.05, 0) is 12.1 Å². The van der Waals surface area contributed by atoms with Gasteiger partial charge in [-0.2, -0.15) is 0 Å². The van der Waals surface area contributed by atoms with Gasteiger partial charge < -0.3 is 10.8 Å². The van der Waals surface area contributed by atoms with Crippen molar-refractivity contribution in [3.8, 4) is 0 Å². The maximum absolute atomic E-state index is 13.2. The number of hydrogen-bond donors (Lipinski definition) is 2. The molecule has 15 heavy (non-hydrogen) atoms. The number of halogens is 3. The number of carboxylic acid groups (broad SMARTS) is 1. The number of carboxylic acids is 1. The number of benzene rings is 1. The lowest BCUT2D eigenvalue weighted by atomic mass is 9.99. The highest BCUT2D eigenvalue weighted by atomic mass is 35.5. The van der Waals surface area contributed by atoms with Crippen molar-refractivity contribution in [1.82, 2.24) is 0 Å². The van der Waals surface area contributed by atoms with E-state index in [1.807, 2.05) is 0 Å². The van der Waals surface area contributed by atoms with Gasteiger partial charge in [0.2, 0.25) is 0 Å². The monoisotopic (exact) mass is 235 g/mol. The molecule has 1 aromatic carbocycles. The van der Waals surface area contributed by atoms with Gasteiger partial charge in [-0.1, -0.05) is 11.6 Å². The van der Waals surface area contributed by atoms with Crippen LogP contribution in [0.15, 0.2) is 12.1 Å². The van der Waals surface area contributed by atoms with E-state index in [1.54, 1.807) is 0 Å². The predicted octanol–water partition coefficient (Wildman–Crippen LogP) is 1.75. The molecule has 0 amide bonds. The zero-order valence-corrected chi connectivity index (χ0v) is 8.26. The van der Waals surface area contributed by atoms with Crippen LogP contribution in [-0.2, 0) is 4.79 Å². The number of nitrogens with two attached hydrogens (primary N) is 1. The van der Waals surface area contributed by atoms with Crippen LogP contribution >= 0.6 is 11.6 Å². The first-order valence-corrected chi connectivity index (χ1v) is 4.42. The second kappa shape index (κ2) is 4.55. The Labute approximate surface area is 89.5 Å². The van der Waals surface area contributed by atoms with E-state index in [1.165, 1.54) is 0 Å². The van der Waals surface area contributed by atoms with Crippen molar-refractivity contribution < 1.29 is 18.7 Å². The van der Waals surface area contributed by atoms with Crippen molar-refractivity contribution in [1.29, 1.82) is 0 Å². The fraction of sp³-hybridized carbons (Fsp3) is 0.222. The van der Waals surface area contributed by atoms with Crippen LogP contribution in [-0.4, -0.2) is 17.6 Å². The second-order valence-electron chi connectivity index (χ2n) is 2.92. The molecule has 1 rings (SSSR count). The second-order valence-corrected chi connectivity index (χ2v) is 3.35. The molecule has 1 aromatic rings. The van der Waals surface area contributed by atoms with Crippen molar-refractivity contribution >= 4 is 17.6 Å². The molecular weight excluding hydrogens is 228 g/mol. The summed E-state index contributed by atoms with van der Waals surface area (Å²) in [5, 5.41) is 8.65. The van der Waals surface area contributed by atoms with Crippen LogP contribution in [0.1, 0.15) is 11.5 Å². The van der Waals surface area contributed by atoms with Crippen LogP contribution in [0.2, 0.25) is 5.02 Å². The lowest BCUT2D eigenvalue weighted by molar-refractivity contribution is -0.138. The molecule has 6 heteroatoms. The summed E-state index contributed by atoms with van der Waals surface area (Å²) in [7, 11) is 0. The Morgan fingerprint density at radius 3 is 2.60 bits per heavy atom. The summed E-state index contributed by atoms with van der Waals surface area (Å²) in [6.07, 6.45) is 0. The number of rotatable bonds is 3. The highest BCUT2D eigenvalue weighted by Gasteiger charge is 2.24. The average Bonchev–Trinajstić information content (AvgIpc) is 2.13. The zero-order valence-electron chi connectivity index (χ0n) is 7.51. The van der Waals surface area contributed by atoms with E-state index in [9.17, 15) is 13.6 Å². The third kappa shape index (κ3) is 2.43. The number of hydrogen-bond acceptors (Lipinski definition) is 2. The minimum absolute atomic E-state index is 0.0661. The third-order valence-corrected chi connectivity index (χ3v) is 2.15. The Bertz CT molecular complexity index is 398. The Kier molecular flexibility index (Phi) is 3.60. The topological polar surface area (TPSA) is 63.3 Å². The van der Waals surface area contributed by atoms with Gasteiger partial charge in [0.25, 0.3) is 0 Å². The molecule has 0 fully saturated rings. The van der Waals surface area contributed by atoms with Crippen molar-refractivity contribution in [2.24, 2.45) is 5.73 Å². The zero-order chi connectivity index (χ0) is 11.6. The van der Waals surface area contributed by atoms with Crippen molar-refractivity contribution in [3.05, 3.63) is 34.4 Å². The third-order valence-electron chi connectivity index (χ3n) is 1.93. The Balaban J connectivity index is 3.28. The molecule has 3 nitrogen and oxygen atoms in total. The van der Waals surface area contributed by atoms with E-state index in [4.69, 9.17) is 22.4 Å². The van der Waals surface area contributed by atoms with Crippen LogP contribution < -0.4 is 5.73 Å². The van der Waals surface area contributed by atoms with Crippen molar-refractivity contribution in [2.45, 2.75) is 5.92 Å². The summed E-state index contributed by atoms with van der Waals surface area (Å²) in [5.41, 5.74) is 4.82. The summed E-state index contributed by atoms with van der Waals surface area (Å²) < 4.78 is 26.1. The molecule has 1 atom stereocenters. The van der Waals surface area contributed by atoms with Crippen molar-refractivity contribution in [2.75, 3.05) is 6.54 Å². The molecule has 82 valence electrons. The molecule has 0 bridgehead atoms. The van der Waals surface area contributed by atoms with E-state index in [0.29, 0.717) is 0 Å². The minimum Gasteiger partial charge on any atom is -0.481 e. The quantitative estimate of drug-likeness (QED) is 0.785. The normalized spacial score (nSPS) is 12.5. The summed E-state index contributed by atoms with van der Waals surface area (Å²) >= 11 is 5.49. The maximum Gasteiger partial charge on any atom is 0.312 e. The van der Waals surface area contributed by atoms with Gasteiger partial charge in [0.1, 0.15) is 0 Å². The number of carbonyl (C=O) groups is 1. The Morgan fingerprint density at radius 2 is 2.13 bits per heavy atom. The van der Waals surface area contributed by atoms with Crippen molar-refractivity contribution in [3.63, 3.8) is 0 Å². The van der Waals surface area contributed by atoms with Gasteiger partial charge in [0, 0.05) is 17.1 Å². The molecule has 0 spiro atoms. The first-order chi connectivity index (χ1) is 6.97. The summed E-state index contributed by atoms with van der Waals surface area (Å²) in [4.78, 5) is 10.7. The molecule has 0 heterocycles. The van der Waals surface area contributed by atoms with Gasteiger partial charge in [-0.3, -0.25) is 4.79 Å². The van der Waals surface area contributed by atoms with E-state index < -0.39 is 23.5 Å². The predicted molar refractivity (Wildman–Crippen MR) is 50.8 cm³/mol. The molecule has 1 unspecified atom stereocenters.